The minimum Gasteiger partial charge on any atom is -0.223 e. The molecule has 1 aromatic carbocycles. The Morgan fingerprint density at radius 3 is 2.28 bits per heavy atom. The number of hydrogen-bond acceptors (Lipinski definition) is 2. The first kappa shape index (κ1) is 14.7. The molecule has 0 aliphatic heterocycles. The van der Waals surface area contributed by atoms with Crippen molar-refractivity contribution in [1.82, 2.24) is 0 Å². The van der Waals surface area contributed by atoms with Crippen LogP contribution in [-0.2, 0) is 9.84 Å². The SMILES string of the molecule is C=CCC(C=C(C)C)S(=O)(=O)c1ccc(C)cc1. The zero-order valence-corrected chi connectivity index (χ0v) is 12.0. The van der Waals surface area contributed by atoms with E-state index in [4.69, 9.17) is 0 Å². The molecule has 0 aromatic heterocycles. The third kappa shape index (κ3) is 3.57. The maximum atomic E-state index is 12.5. The molecular weight excluding hydrogens is 244 g/mol. The van der Waals surface area contributed by atoms with E-state index in [9.17, 15) is 8.42 Å². The van der Waals surface area contributed by atoms with Crippen molar-refractivity contribution < 1.29 is 8.42 Å². The van der Waals surface area contributed by atoms with Crippen LogP contribution in [0.2, 0.25) is 0 Å². The highest BCUT2D eigenvalue weighted by molar-refractivity contribution is 7.92. The third-order valence-electron chi connectivity index (χ3n) is 2.67. The van der Waals surface area contributed by atoms with Crippen molar-refractivity contribution in [3.05, 3.63) is 54.1 Å². The Morgan fingerprint density at radius 2 is 1.83 bits per heavy atom. The quantitative estimate of drug-likeness (QED) is 0.760. The van der Waals surface area contributed by atoms with Gasteiger partial charge in [0.05, 0.1) is 10.1 Å². The molecule has 0 amide bonds. The molecule has 1 aromatic rings. The van der Waals surface area contributed by atoms with Crippen LogP contribution in [0.1, 0.15) is 25.8 Å². The lowest BCUT2D eigenvalue weighted by Crippen LogP contribution is -2.19. The van der Waals surface area contributed by atoms with Crippen LogP contribution < -0.4 is 0 Å². The number of rotatable bonds is 5. The monoisotopic (exact) mass is 264 g/mol. The van der Waals surface area contributed by atoms with Gasteiger partial charge in [-0.1, -0.05) is 35.4 Å². The van der Waals surface area contributed by atoms with Gasteiger partial charge in [0.2, 0.25) is 0 Å². The van der Waals surface area contributed by atoms with Crippen LogP contribution in [0.3, 0.4) is 0 Å². The van der Waals surface area contributed by atoms with E-state index >= 15 is 0 Å². The van der Waals surface area contributed by atoms with E-state index in [0.29, 0.717) is 11.3 Å². The summed E-state index contributed by atoms with van der Waals surface area (Å²) in [5.41, 5.74) is 2.05. The summed E-state index contributed by atoms with van der Waals surface area (Å²) in [6, 6.07) is 6.97. The number of benzene rings is 1. The molecule has 0 spiro atoms. The molecule has 3 heteroatoms. The molecule has 0 bridgehead atoms. The van der Waals surface area contributed by atoms with Gasteiger partial charge in [-0.25, -0.2) is 8.42 Å². The van der Waals surface area contributed by atoms with Crippen molar-refractivity contribution >= 4 is 9.84 Å². The van der Waals surface area contributed by atoms with Gasteiger partial charge >= 0.3 is 0 Å². The van der Waals surface area contributed by atoms with Crippen molar-refractivity contribution in [2.75, 3.05) is 0 Å². The third-order valence-corrected chi connectivity index (χ3v) is 4.72. The number of aryl methyl sites for hydroxylation is 1. The molecule has 0 heterocycles. The average Bonchev–Trinajstić information content (AvgIpc) is 2.28. The van der Waals surface area contributed by atoms with Gasteiger partial charge in [-0.15, -0.1) is 6.58 Å². The van der Waals surface area contributed by atoms with Crippen LogP contribution in [0.25, 0.3) is 0 Å². The van der Waals surface area contributed by atoms with E-state index < -0.39 is 15.1 Å². The summed E-state index contributed by atoms with van der Waals surface area (Å²) in [5.74, 6) is 0. The first-order valence-corrected chi connectivity index (χ1v) is 7.49. The van der Waals surface area contributed by atoms with Crippen molar-refractivity contribution in [1.29, 1.82) is 0 Å². The zero-order valence-electron chi connectivity index (χ0n) is 11.2. The molecule has 0 fully saturated rings. The van der Waals surface area contributed by atoms with Gasteiger partial charge in [0, 0.05) is 0 Å². The Morgan fingerprint density at radius 1 is 1.28 bits per heavy atom. The van der Waals surface area contributed by atoms with E-state index in [1.165, 1.54) is 0 Å². The largest absolute Gasteiger partial charge is 0.223 e. The normalized spacial score (nSPS) is 12.8. The van der Waals surface area contributed by atoms with E-state index in [-0.39, 0.29) is 0 Å². The molecule has 2 nitrogen and oxygen atoms in total. The Kier molecular flexibility index (Phi) is 4.91. The molecule has 1 rings (SSSR count). The van der Waals surface area contributed by atoms with Crippen molar-refractivity contribution in [3.8, 4) is 0 Å². The van der Waals surface area contributed by atoms with Gasteiger partial charge < -0.3 is 0 Å². The van der Waals surface area contributed by atoms with E-state index in [1.807, 2.05) is 32.9 Å². The number of allylic oxidation sites excluding steroid dienone is 2. The molecule has 0 N–H and O–H groups in total. The fourth-order valence-corrected chi connectivity index (χ4v) is 3.43. The summed E-state index contributed by atoms with van der Waals surface area (Å²) in [4.78, 5) is 0.373. The van der Waals surface area contributed by atoms with Crippen LogP contribution >= 0.6 is 0 Å². The smallest absolute Gasteiger partial charge is 0.185 e. The Balaban J connectivity index is 3.20. The van der Waals surface area contributed by atoms with Gasteiger partial charge in [0.1, 0.15) is 0 Å². The summed E-state index contributed by atoms with van der Waals surface area (Å²) in [6.07, 6.45) is 3.87. The van der Waals surface area contributed by atoms with Gasteiger partial charge in [-0.05, 0) is 39.3 Å². The predicted octanol–water partition coefficient (Wildman–Crippen LogP) is 3.68. The summed E-state index contributed by atoms with van der Waals surface area (Å²) in [6.45, 7) is 9.38. The lowest BCUT2D eigenvalue weighted by molar-refractivity contribution is 0.588. The van der Waals surface area contributed by atoms with Crippen LogP contribution in [0.5, 0.6) is 0 Å². The van der Waals surface area contributed by atoms with Gasteiger partial charge in [-0.2, -0.15) is 0 Å². The standard InChI is InChI=1S/C15H20O2S/c1-5-6-15(11-12(2)3)18(16,17)14-9-7-13(4)8-10-14/h5,7-11,15H,1,6H2,2-4H3. The summed E-state index contributed by atoms with van der Waals surface area (Å²) in [5, 5.41) is -0.525. The van der Waals surface area contributed by atoms with Crippen molar-refractivity contribution in [2.24, 2.45) is 0 Å². The van der Waals surface area contributed by atoms with E-state index in [1.54, 1.807) is 24.3 Å². The van der Waals surface area contributed by atoms with Gasteiger partial charge in [0.15, 0.2) is 9.84 Å². The Hall–Kier alpha value is -1.35. The molecule has 0 saturated carbocycles. The summed E-state index contributed by atoms with van der Waals surface area (Å²) in [7, 11) is -3.32. The minimum atomic E-state index is -3.32. The van der Waals surface area contributed by atoms with E-state index in [0.717, 1.165) is 11.1 Å². The molecule has 0 radical (unpaired) electrons. The van der Waals surface area contributed by atoms with Crippen molar-refractivity contribution in [3.63, 3.8) is 0 Å². The fourth-order valence-electron chi connectivity index (χ4n) is 1.72. The van der Waals surface area contributed by atoms with E-state index in [2.05, 4.69) is 6.58 Å². The topological polar surface area (TPSA) is 34.1 Å². The molecule has 18 heavy (non-hydrogen) atoms. The second-order valence-corrected chi connectivity index (χ2v) is 6.83. The average molecular weight is 264 g/mol. The first-order chi connectivity index (χ1) is 8.37. The molecule has 1 atom stereocenters. The highest BCUT2D eigenvalue weighted by Gasteiger charge is 2.24. The van der Waals surface area contributed by atoms with Crippen LogP contribution in [0.15, 0.2) is 53.5 Å². The van der Waals surface area contributed by atoms with Crippen LogP contribution in [0.4, 0.5) is 0 Å². The second-order valence-electron chi connectivity index (χ2n) is 4.66. The highest BCUT2D eigenvalue weighted by Crippen LogP contribution is 2.21. The van der Waals surface area contributed by atoms with Gasteiger partial charge in [0.25, 0.3) is 0 Å². The number of hydrogen-bond donors (Lipinski definition) is 0. The summed E-state index contributed by atoms with van der Waals surface area (Å²) >= 11 is 0. The highest BCUT2D eigenvalue weighted by atomic mass is 32.2. The molecule has 0 aliphatic carbocycles. The van der Waals surface area contributed by atoms with Gasteiger partial charge in [-0.3, -0.25) is 0 Å². The van der Waals surface area contributed by atoms with Crippen LogP contribution in [0, 0.1) is 6.92 Å². The molecule has 1 unspecified atom stereocenters. The second kappa shape index (κ2) is 6.01. The Bertz CT molecular complexity index is 532. The maximum absolute atomic E-state index is 12.5. The molecule has 98 valence electrons. The summed E-state index contributed by atoms with van der Waals surface area (Å²) < 4.78 is 25.0. The maximum Gasteiger partial charge on any atom is 0.185 e. The fraction of sp³-hybridized carbons (Fsp3) is 0.333. The zero-order chi connectivity index (χ0) is 13.8. The predicted molar refractivity (Wildman–Crippen MR) is 76.4 cm³/mol. The lowest BCUT2D eigenvalue weighted by atomic mass is 10.2. The lowest BCUT2D eigenvalue weighted by Gasteiger charge is -2.13. The molecule has 0 aliphatic rings. The first-order valence-electron chi connectivity index (χ1n) is 5.94. The minimum absolute atomic E-state index is 0.373. The Labute approximate surface area is 110 Å². The van der Waals surface area contributed by atoms with Crippen molar-refractivity contribution in [2.45, 2.75) is 37.3 Å². The van der Waals surface area contributed by atoms with Crippen LogP contribution in [-0.4, -0.2) is 13.7 Å². The molecular formula is C15H20O2S. The number of sulfone groups is 1. The molecule has 0 saturated heterocycles.